The van der Waals surface area contributed by atoms with Crippen molar-refractivity contribution in [2.24, 2.45) is 0 Å². The largest absolute Gasteiger partial charge is 0.465 e. The second-order valence-electron chi connectivity index (χ2n) is 5.77. The maximum Gasteiger partial charge on any atom is 0.416 e. The highest BCUT2D eigenvalue weighted by molar-refractivity contribution is 5.95. The van der Waals surface area contributed by atoms with Crippen LogP contribution in [-0.2, 0) is 21.8 Å². The Hall–Kier alpha value is -3.84. The number of halogens is 6. The van der Waals surface area contributed by atoms with Gasteiger partial charge < -0.3 is 15.2 Å². The van der Waals surface area contributed by atoms with Gasteiger partial charge in [-0.05, 0) is 30.3 Å². The monoisotopic (exact) mass is 468 g/mol. The molecule has 2 N–H and O–H groups in total. The van der Waals surface area contributed by atoms with Gasteiger partial charge in [0.05, 0.1) is 35.8 Å². The molecule has 0 saturated carbocycles. The molecule has 0 aliphatic carbocycles. The number of anilines is 1. The summed E-state index contributed by atoms with van der Waals surface area (Å²) in [6, 6.07) is 4.07. The first-order chi connectivity index (χ1) is 14.6. The third kappa shape index (κ3) is 6.58. The average molecular weight is 468 g/mol. The lowest BCUT2D eigenvalue weighted by Crippen LogP contribution is -2.10. The van der Waals surface area contributed by atoms with E-state index in [1.807, 2.05) is 0 Å². The highest BCUT2D eigenvalue weighted by atomic mass is 19.4. The molecule has 0 amide bonds. The number of carbonyl (C=O) groups excluding carboxylic acids is 2. The fourth-order valence-electron chi connectivity index (χ4n) is 2.18. The van der Waals surface area contributed by atoms with Crippen molar-refractivity contribution in [1.29, 1.82) is 0 Å². The third-order valence-electron chi connectivity index (χ3n) is 3.71. The van der Waals surface area contributed by atoms with E-state index in [4.69, 9.17) is 5.73 Å². The molecule has 2 rings (SSSR count). The topological polar surface area (TPSA) is 122 Å². The quantitative estimate of drug-likeness (QED) is 0.232. The van der Waals surface area contributed by atoms with Crippen molar-refractivity contribution in [3.05, 3.63) is 68.8 Å². The smallest absolute Gasteiger partial charge is 0.416 e. The van der Waals surface area contributed by atoms with Gasteiger partial charge in [-0.25, -0.2) is 9.59 Å². The molecule has 0 aliphatic heterocycles. The number of nitrogens with two attached hydrogens (primary N) is 1. The lowest BCUT2D eigenvalue weighted by Gasteiger charge is -2.09. The van der Waals surface area contributed by atoms with Crippen molar-refractivity contribution in [2.45, 2.75) is 12.4 Å². The third-order valence-corrected chi connectivity index (χ3v) is 3.71. The maximum absolute atomic E-state index is 12.3. The second kappa shape index (κ2) is 9.98. The van der Waals surface area contributed by atoms with E-state index in [2.05, 4.69) is 9.47 Å². The van der Waals surface area contributed by atoms with Crippen LogP contribution in [0.1, 0.15) is 31.8 Å². The average Bonchev–Trinajstić information content (AvgIpc) is 2.71. The molecule has 0 spiro atoms. The van der Waals surface area contributed by atoms with Gasteiger partial charge in [0.15, 0.2) is 0 Å². The number of methoxy groups -OCH3 is 2. The molecule has 32 heavy (non-hydrogen) atoms. The number of benzene rings is 2. The lowest BCUT2D eigenvalue weighted by atomic mass is 10.1. The van der Waals surface area contributed by atoms with Crippen molar-refractivity contribution < 1.29 is 50.3 Å². The van der Waals surface area contributed by atoms with E-state index >= 15 is 0 Å². The minimum absolute atomic E-state index is 0.0782. The predicted molar refractivity (Wildman–Crippen MR) is 96.6 cm³/mol. The standard InChI is InChI=1S/C9H6F3NO4.C9H8F3NO2/c1-17-8(14)6-3-2-5(9(10,11)12)4-7(6)13(15)16;1-15-8(14)6-3-2-5(4-7(6)13)9(10,11)12/h2-4H,1H3;2-4H,13H2,1H3. The van der Waals surface area contributed by atoms with Gasteiger partial charge in [-0.3, -0.25) is 10.1 Å². The summed E-state index contributed by atoms with van der Waals surface area (Å²) < 4.78 is 82.1. The fraction of sp³-hybridized carbons (Fsp3) is 0.222. The molecule has 0 fully saturated rings. The number of nitrogen functional groups attached to an aromatic ring is 1. The molecular weight excluding hydrogens is 454 g/mol. The van der Waals surface area contributed by atoms with Gasteiger partial charge in [0.25, 0.3) is 5.69 Å². The summed E-state index contributed by atoms with van der Waals surface area (Å²) in [7, 11) is 2.10. The second-order valence-corrected chi connectivity index (χ2v) is 5.77. The van der Waals surface area contributed by atoms with E-state index in [0.29, 0.717) is 24.3 Å². The summed E-state index contributed by atoms with van der Waals surface area (Å²) in [6.45, 7) is 0. The van der Waals surface area contributed by atoms with Gasteiger partial charge in [-0.2, -0.15) is 26.3 Å². The van der Waals surface area contributed by atoms with Gasteiger partial charge in [0, 0.05) is 11.8 Å². The SMILES string of the molecule is COC(=O)c1ccc(C(F)(F)F)cc1N.COC(=O)c1ccc(C(F)(F)F)cc1[N+](=O)[O-]. The van der Waals surface area contributed by atoms with Gasteiger partial charge in [-0.15, -0.1) is 0 Å². The van der Waals surface area contributed by atoms with Crippen LogP contribution in [0.15, 0.2) is 36.4 Å². The predicted octanol–water partition coefficient (Wildman–Crippen LogP) is 4.47. The van der Waals surface area contributed by atoms with Crippen molar-refractivity contribution in [1.82, 2.24) is 0 Å². The Balaban J connectivity index is 0.000000323. The number of nitrogens with zero attached hydrogens (tertiary/aromatic N) is 1. The highest BCUT2D eigenvalue weighted by Crippen LogP contribution is 2.33. The van der Waals surface area contributed by atoms with Crippen LogP contribution in [0, 0.1) is 10.1 Å². The number of esters is 2. The van der Waals surface area contributed by atoms with Crippen molar-refractivity contribution in [3.8, 4) is 0 Å². The summed E-state index contributed by atoms with van der Waals surface area (Å²) in [4.78, 5) is 31.6. The molecule has 0 aromatic heterocycles. The van der Waals surface area contributed by atoms with Crippen molar-refractivity contribution in [3.63, 3.8) is 0 Å². The normalized spacial score (nSPS) is 11.1. The number of alkyl halides is 6. The van der Waals surface area contributed by atoms with Gasteiger partial charge >= 0.3 is 24.3 Å². The van der Waals surface area contributed by atoms with Crippen LogP contribution in [-0.4, -0.2) is 31.1 Å². The summed E-state index contributed by atoms with van der Waals surface area (Å²) in [5.41, 5.74) is 1.41. The number of rotatable bonds is 3. The zero-order chi connectivity index (χ0) is 24.9. The molecule has 0 heterocycles. The lowest BCUT2D eigenvalue weighted by molar-refractivity contribution is -0.385. The first-order valence-corrected chi connectivity index (χ1v) is 8.12. The van der Waals surface area contributed by atoms with Crippen LogP contribution < -0.4 is 5.73 Å². The Morgan fingerprint density at radius 3 is 1.62 bits per heavy atom. The summed E-state index contributed by atoms with van der Waals surface area (Å²) >= 11 is 0. The zero-order valence-electron chi connectivity index (χ0n) is 16.2. The first-order valence-electron chi connectivity index (χ1n) is 8.12. The zero-order valence-corrected chi connectivity index (χ0v) is 16.2. The Morgan fingerprint density at radius 1 is 0.844 bits per heavy atom. The van der Waals surface area contributed by atoms with E-state index < -0.39 is 51.6 Å². The molecule has 0 saturated heterocycles. The number of nitro groups is 1. The molecule has 174 valence electrons. The molecule has 14 heteroatoms. The summed E-state index contributed by atoms with van der Waals surface area (Å²) in [5, 5.41) is 10.6. The van der Waals surface area contributed by atoms with E-state index in [1.54, 1.807) is 0 Å². The Morgan fingerprint density at radius 2 is 1.25 bits per heavy atom. The van der Waals surface area contributed by atoms with E-state index in [1.165, 1.54) is 0 Å². The minimum atomic E-state index is -4.71. The minimum Gasteiger partial charge on any atom is -0.465 e. The van der Waals surface area contributed by atoms with E-state index in [0.717, 1.165) is 26.4 Å². The van der Waals surface area contributed by atoms with Crippen molar-refractivity contribution >= 4 is 23.3 Å². The molecule has 0 unspecified atom stereocenters. The van der Waals surface area contributed by atoms with Crippen LogP contribution in [0.2, 0.25) is 0 Å². The first kappa shape index (κ1) is 26.2. The van der Waals surface area contributed by atoms with Gasteiger partial charge in [-0.1, -0.05) is 0 Å². The number of ether oxygens (including phenoxy) is 2. The van der Waals surface area contributed by atoms with Crippen LogP contribution >= 0.6 is 0 Å². The molecule has 2 aromatic carbocycles. The number of hydrogen-bond acceptors (Lipinski definition) is 7. The summed E-state index contributed by atoms with van der Waals surface area (Å²) in [5.74, 6) is -1.83. The van der Waals surface area contributed by atoms with E-state index in [-0.39, 0.29) is 11.3 Å². The molecular formula is C18H14F6N2O6. The molecule has 0 radical (unpaired) electrons. The Kier molecular flexibility index (Phi) is 8.17. The van der Waals surface area contributed by atoms with Gasteiger partial charge in [0.2, 0.25) is 0 Å². The highest BCUT2D eigenvalue weighted by Gasteiger charge is 2.34. The molecule has 2 aromatic rings. The van der Waals surface area contributed by atoms with Crippen LogP contribution in [0.3, 0.4) is 0 Å². The van der Waals surface area contributed by atoms with Crippen LogP contribution in [0.25, 0.3) is 0 Å². The van der Waals surface area contributed by atoms with Crippen molar-refractivity contribution in [2.75, 3.05) is 20.0 Å². The Labute approximate surface area is 175 Å². The van der Waals surface area contributed by atoms with Gasteiger partial charge in [0.1, 0.15) is 5.56 Å². The fourth-order valence-corrected chi connectivity index (χ4v) is 2.18. The summed E-state index contributed by atoms with van der Waals surface area (Å²) in [6.07, 6.45) is -9.18. The number of hydrogen-bond donors (Lipinski definition) is 1. The molecule has 8 nitrogen and oxygen atoms in total. The number of carbonyl (C=O) groups is 2. The Bertz CT molecular complexity index is 1020. The molecule has 0 bridgehead atoms. The van der Waals surface area contributed by atoms with Crippen LogP contribution in [0.4, 0.5) is 37.7 Å². The molecule has 0 atom stereocenters. The molecule has 0 aliphatic rings. The van der Waals surface area contributed by atoms with Crippen LogP contribution in [0.5, 0.6) is 0 Å². The van der Waals surface area contributed by atoms with E-state index in [9.17, 15) is 46.0 Å². The number of nitro benzene ring substituents is 1. The maximum atomic E-state index is 12.3.